The Morgan fingerprint density at radius 2 is 1.84 bits per heavy atom. The van der Waals surface area contributed by atoms with Crippen molar-refractivity contribution in [2.45, 2.75) is 46.1 Å². The number of carbonyl (C=O) groups is 3. The number of amides is 2. The number of hydrogen-bond donors (Lipinski definition) is 1. The number of aldehydes is 1. The number of carbonyl (C=O) groups excluding carboxylic acids is 3. The molecule has 1 aliphatic rings. The van der Waals surface area contributed by atoms with Crippen molar-refractivity contribution in [3.63, 3.8) is 0 Å². The van der Waals surface area contributed by atoms with Crippen molar-refractivity contribution < 1.29 is 14.4 Å². The fourth-order valence-corrected chi connectivity index (χ4v) is 4.67. The first-order chi connectivity index (χ1) is 15.1. The van der Waals surface area contributed by atoms with E-state index in [2.05, 4.69) is 31.3 Å². The molecular weight excluding hydrogens is 424 g/mol. The van der Waals surface area contributed by atoms with Gasteiger partial charge in [0.25, 0.3) is 5.91 Å². The number of piperidine rings is 1. The van der Waals surface area contributed by atoms with Crippen LogP contribution in [0.1, 0.15) is 66.3 Å². The Morgan fingerprint density at radius 3 is 2.44 bits per heavy atom. The second kappa shape index (κ2) is 9.86. The molecule has 1 N–H and O–H groups in total. The second-order valence-electron chi connectivity index (χ2n) is 9.58. The van der Waals surface area contributed by atoms with Gasteiger partial charge in [0.2, 0.25) is 5.91 Å². The molecule has 0 spiro atoms. The van der Waals surface area contributed by atoms with Gasteiger partial charge in [0.1, 0.15) is 12.3 Å². The zero-order valence-electron chi connectivity index (χ0n) is 19.1. The third kappa shape index (κ3) is 5.39. The van der Waals surface area contributed by atoms with E-state index >= 15 is 0 Å². The van der Waals surface area contributed by atoms with Gasteiger partial charge in [0, 0.05) is 29.2 Å². The smallest absolute Gasteiger partial charge is 0.251 e. The lowest BCUT2D eigenvalue weighted by Crippen LogP contribution is -2.55. The van der Waals surface area contributed by atoms with Gasteiger partial charge >= 0.3 is 0 Å². The van der Waals surface area contributed by atoms with E-state index < -0.39 is 6.04 Å². The van der Waals surface area contributed by atoms with Crippen LogP contribution in [0.25, 0.3) is 0 Å². The van der Waals surface area contributed by atoms with Crippen molar-refractivity contribution >= 4 is 29.7 Å². The molecule has 2 atom stereocenters. The molecule has 0 radical (unpaired) electrons. The minimum Gasteiger partial charge on any atom is -0.340 e. The molecule has 0 bridgehead atoms. The third-order valence-corrected chi connectivity index (χ3v) is 6.57. The van der Waals surface area contributed by atoms with Crippen molar-refractivity contribution in [2.24, 2.45) is 11.3 Å². The molecule has 2 amide bonds. The van der Waals surface area contributed by atoms with Crippen LogP contribution in [-0.4, -0.2) is 42.1 Å². The summed E-state index contributed by atoms with van der Waals surface area (Å²) in [7, 11) is 0. The third-order valence-electron chi connectivity index (χ3n) is 6.32. The lowest BCUT2D eigenvalue weighted by Gasteiger charge is -2.45. The van der Waals surface area contributed by atoms with Crippen molar-refractivity contribution in [1.82, 2.24) is 10.2 Å². The van der Waals surface area contributed by atoms with Crippen molar-refractivity contribution in [2.75, 3.05) is 13.1 Å². The van der Waals surface area contributed by atoms with Gasteiger partial charge in [-0.2, -0.15) is 0 Å². The average Bonchev–Trinajstić information content (AvgIpc) is 2.76. The van der Waals surface area contributed by atoms with Crippen LogP contribution in [0.2, 0.25) is 5.02 Å². The fourth-order valence-electron chi connectivity index (χ4n) is 4.55. The van der Waals surface area contributed by atoms with Crippen LogP contribution in [0, 0.1) is 11.3 Å². The highest BCUT2D eigenvalue weighted by Crippen LogP contribution is 2.42. The number of likely N-dealkylation sites (tertiary alicyclic amines) is 1. The quantitative estimate of drug-likeness (QED) is 0.628. The van der Waals surface area contributed by atoms with Gasteiger partial charge in [-0.1, -0.05) is 63.6 Å². The van der Waals surface area contributed by atoms with E-state index in [1.807, 2.05) is 30.9 Å². The molecule has 0 aliphatic carbocycles. The molecule has 5 nitrogen and oxygen atoms in total. The molecule has 2 aromatic carbocycles. The SMILES string of the molecule is CC(C)[C@@H](NC(=O)c1cccc(C=O)c1)C(=O)N1CCC(c2ccc(Cl)cc2)C(C)(C)C1. The summed E-state index contributed by atoms with van der Waals surface area (Å²) in [6, 6.07) is 13.8. The molecule has 1 heterocycles. The Labute approximate surface area is 195 Å². The van der Waals surface area contributed by atoms with Gasteiger partial charge < -0.3 is 10.2 Å². The van der Waals surface area contributed by atoms with Gasteiger partial charge in [-0.25, -0.2) is 0 Å². The predicted octanol–water partition coefficient (Wildman–Crippen LogP) is 4.95. The van der Waals surface area contributed by atoms with Gasteiger partial charge in [-0.15, -0.1) is 0 Å². The molecule has 2 aromatic rings. The number of halogens is 1. The van der Waals surface area contributed by atoms with Crippen LogP contribution in [0.15, 0.2) is 48.5 Å². The Balaban J connectivity index is 1.73. The lowest BCUT2D eigenvalue weighted by atomic mass is 9.70. The number of hydrogen-bond acceptors (Lipinski definition) is 3. The van der Waals surface area contributed by atoms with Crippen molar-refractivity contribution in [3.05, 3.63) is 70.2 Å². The first kappa shape index (κ1) is 24.0. The Hall–Kier alpha value is -2.66. The molecule has 6 heteroatoms. The maximum Gasteiger partial charge on any atom is 0.251 e. The number of rotatable bonds is 6. The first-order valence-electron chi connectivity index (χ1n) is 11.0. The summed E-state index contributed by atoms with van der Waals surface area (Å²) in [5.41, 5.74) is 1.91. The zero-order valence-corrected chi connectivity index (χ0v) is 19.9. The topological polar surface area (TPSA) is 66.5 Å². The Bertz CT molecular complexity index is 985. The zero-order chi connectivity index (χ0) is 23.5. The first-order valence-corrected chi connectivity index (χ1v) is 11.4. The maximum absolute atomic E-state index is 13.4. The van der Waals surface area contributed by atoms with Gasteiger partial charge in [0.15, 0.2) is 0 Å². The van der Waals surface area contributed by atoms with Crippen molar-refractivity contribution in [3.8, 4) is 0 Å². The van der Waals surface area contributed by atoms with Crippen LogP contribution in [0.4, 0.5) is 0 Å². The van der Waals surface area contributed by atoms with E-state index in [9.17, 15) is 14.4 Å². The molecule has 1 fully saturated rings. The van der Waals surface area contributed by atoms with Gasteiger partial charge in [0.05, 0.1) is 0 Å². The van der Waals surface area contributed by atoms with Crippen LogP contribution in [0.3, 0.4) is 0 Å². The van der Waals surface area contributed by atoms with Crippen LogP contribution < -0.4 is 5.32 Å². The molecule has 170 valence electrons. The fraction of sp³-hybridized carbons (Fsp3) is 0.423. The summed E-state index contributed by atoms with van der Waals surface area (Å²) in [6.45, 7) is 9.46. The average molecular weight is 455 g/mol. The summed E-state index contributed by atoms with van der Waals surface area (Å²) < 4.78 is 0. The van der Waals surface area contributed by atoms with Crippen LogP contribution >= 0.6 is 11.6 Å². The summed E-state index contributed by atoms with van der Waals surface area (Å²) in [5, 5.41) is 3.61. The molecule has 1 saturated heterocycles. The highest BCUT2D eigenvalue weighted by molar-refractivity contribution is 6.30. The Morgan fingerprint density at radius 1 is 1.16 bits per heavy atom. The highest BCUT2D eigenvalue weighted by atomic mass is 35.5. The van der Waals surface area contributed by atoms with E-state index in [-0.39, 0.29) is 23.1 Å². The molecule has 3 rings (SSSR count). The second-order valence-corrected chi connectivity index (χ2v) is 10.0. The van der Waals surface area contributed by atoms with E-state index in [1.165, 1.54) is 11.6 Å². The minimum absolute atomic E-state index is 0.0671. The minimum atomic E-state index is -0.634. The van der Waals surface area contributed by atoms with Crippen LogP contribution in [-0.2, 0) is 4.79 Å². The lowest BCUT2D eigenvalue weighted by molar-refractivity contribution is -0.137. The molecule has 1 unspecified atom stereocenters. The molecule has 32 heavy (non-hydrogen) atoms. The molecule has 0 saturated carbocycles. The van der Waals surface area contributed by atoms with Crippen molar-refractivity contribution in [1.29, 1.82) is 0 Å². The van der Waals surface area contributed by atoms with Gasteiger partial charge in [-0.3, -0.25) is 14.4 Å². The summed E-state index contributed by atoms with van der Waals surface area (Å²) in [5.74, 6) is -0.168. The van der Waals surface area contributed by atoms with E-state index in [4.69, 9.17) is 11.6 Å². The highest BCUT2D eigenvalue weighted by Gasteiger charge is 2.40. The van der Waals surface area contributed by atoms with Crippen LogP contribution in [0.5, 0.6) is 0 Å². The summed E-state index contributed by atoms with van der Waals surface area (Å²) >= 11 is 6.05. The van der Waals surface area contributed by atoms with E-state index in [1.54, 1.807) is 18.2 Å². The maximum atomic E-state index is 13.4. The molecule has 1 aliphatic heterocycles. The van der Waals surface area contributed by atoms with E-state index in [0.29, 0.717) is 41.4 Å². The molecular formula is C26H31ClN2O3. The summed E-state index contributed by atoms with van der Waals surface area (Å²) in [6.07, 6.45) is 1.55. The standard InChI is InChI=1S/C26H31ClN2O3/c1-17(2)23(28-24(31)20-7-5-6-18(14-20)15-30)25(32)29-13-12-22(26(3,4)16-29)19-8-10-21(27)11-9-19/h5-11,14-15,17,22-23H,12-13,16H2,1-4H3,(H,28,31)/t22?,23-/m1/s1. The van der Waals surface area contributed by atoms with Gasteiger partial charge in [-0.05, 0) is 53.5 Å². The normalized spacial score (nSPS) is 18.8. The predicted molar refractivity (Wildman–Crippen MR) is 127 cm³/mol. The number of nitrogens with one attached hydrogen (secondary N) is 1. The number of nitrogens with zero attached hydrogens (tertiary/aromatic N) is 1. The van der Waals surface area contributed by atoms with E-state index in [0.717, 1.165) is 6.42 Å². The Kier molecular flexibility index (Phi) is 7.40. The molecule has 0 aromatic heterocycles. The monoisotopic (exact) mass is 454 g/mol. The largest absolute Gasteiger partial charge is 0.340 e. The number of benzene rings is 2. The summed E-state index contributed by atoms with van der Waals surface area (Å²) in [4.78, 5) is 39.1.